The van der Waals surface area contributed by atoms with Crippen molar-refractivity contribution in [1.82, 2.24) is 5.32 Å². The Balaban J connectivity index is 2.43. The highest BCUT2D eigenvalue weighted by atomic mass is 16.1. The summed E-state index contributed by atoms with van der Waals surface area (Å²) < 4.78 is 0. The number of carbonyl (C=O) groups excluding carboxylic acids is 1. The quantitative estimate of drug-likeness (QED) is 0.529. The van der Waals surface area contributed by atoms with Crippen LogP contribution < -0.4 is 5.32 Å². The van der Waals surface area contributed by atoms with E-state index >= 15 is 0 Å². The predicted octanol–water partition coefficient (Wildman–Crippen LogP) is 0.829. The summed E-state index contributed by atoms with van der Waals surface area (Å²) >= 11 is 0. The van der Waals surface area contributed by atoms with Crippen LogP contribution in [0.25, 0.3) is 0 Å². The molecule has 0 aromatic carbocycles. The Bertz CT molecular complexity index is 216. The Morgan fingerprint density at radius 1 is 1.80 bits per heavy atom. The van der Waals surface area contributed by atoms with Crippen LogP contribution in [-0.2, 0) is 4.79 Å². The number of nitrogens with zero attached hydrogens (tertiary/aromatic N) is 1. The molecule has 0 unspecified atom stereocenters. The Morgan fingerprint density at radius 2 is 2.50 bits per heavy atom. The molecule has 1 aliphatic heterocycles. The number of hydrogen-bond donors (Lipinski definition) is 1. The smallest absolute Gasteiger partial charge is 0.222 e. The second-order valence-corrected chi connectivity index (χ2v) is 2.41. The van der Waals surface area contributed by atoms with Crippen LogP contribution >= 0.6 is 0 Å². The van der Waals surface area contributed by atoms with Gasteiger partial charge in [-0.25, -0.2) is 4.99 Å². The molecule has 0 atom stereocenters. The molecular weight excluding hydrogens is 128 g/mol. The van der Waals surface area contributed by atoms with Crippen LogP contribution in [-0.4, -0.2) is 11.7 Å². The summed E-state index contributed by atoms with van der Waals surface area (Å²) in [6.45, 7) is 3.47. The lowest BCUT2D eigenvalue weighted by atomic mass is 10.2. The summed E-state index contributed by atoms with van der Waals surface area (Å²) in [6.07, 6.45) is 2.55. The third-order valence-corrected chi connectivity index (χ3v) is 1.21. The number of amidine groups is 1. The van der Waals surface area contributed by atoms with Gasteiger partial charge in [-0.3, -0.25) is 4.79 Å². The number of amides is 1. The van der Waals surface area contributed by atoms with Crippen LogP contribution in [0.15, 0.2) is 16.8 Å². The van der Waals surface area contributed by atoms with Crippen LogP contribution in [0.2, 0.25) is 0 Å². The van der Waals surface area contributed by atoms with Gasteiger partial charge in [0.1, 0.15) is 5.84 Å². The first kappa shape index (κ1) is 6.99. The molecule has 1 amide bonds. The second-order valence-electron chi connectivity index (χ2n) is 2.41. The summed E-state index contributed by atoms with van der Waals surface area (Å²) in [7, 11) is 0. The minimum absolute atomic E-state index is 0.0538. The monoisotopic (exact) mass is 138 g/mol. The molecular formula is C7H10N2O. The van der Waals surface area contributed by atoms with E-state index in [1.165, 1.54) is 12.5 Å². The van der Waals surface area contributed by atoms with Crippen molar-refractivity contribution >= 4 is 11.7 Å². The van der Waals surface area contributed by atoms with Gasteiger partial charge in [-0.2, -0.15) is 0 Å². The predicted molar refractivity (Wildman–Crippen MR) is 39.6 cm³/mol. The van der Waals surface area contributed by atoms with Gasteiger partial charge in [0.2, 0.25) is 5.91 Å². The average molecular weight is 138 g/mol. The number of nitrogens with one attached hydrogen (secondary N) is 1. The molecule has 3 nitrogen and oxygen atoms in total. The number of aliphatic imine (C=N–C) groups is 1. The molecule has 0 aliphatic carbocycles. The number of hydrogen-bond acceptors (Lipinski definition) is 2. The van der Waals surface area contributed by atoms with Crippen LogP contribution in [0.4, 0.5) is 0 Å². The Labute approximate surface area is 59.8 Å². The normalized spacial score (nSPS) is 16.2. The Morgan fingerprint density at radius 3 is 2.90 bits per heavy atom. The maximum absolute atomic E-state index is 10.5. The highest BCUT2D eigenvalue weighted by molar-refractivity contribution is 5.99. The van der Waals surface area contributed by atoms with E-state index in [1.54, 1.807) is 6.20 Å². The topological polar surface area (TPSA) is 41.5 Å². The molecule has 10 heavy (non-hydrogen) atoms. The summed E-state index contributed by atoms with van der Waals surface area (Å²) in [5, 5.41) is 2.63. The first-order valence-corrected chi connectivity index (χ1v) is 3.18. The van der Waals surface area contributed by atoms with E-state index in [1.807, 2.05) is 6.92 Å². The van der Waals surface area contributed by atoms with Gasteiger partial charge >= 0.3 is 0 Å². The molecule has 0 bridgehead atoms. The maximum Gasteiger partial charge on any atom is 0.222 e. The summed E-state index contributed by atoms with van der Waals surface area (Å²) in [6, 6.07) is 0. The van der Waals surface area contributed by atoms with E-state index < -0.39 is 0 Å². The zero-order valence-corrected chi connectivity index (χ0v) is 6.14. The third-order valence-electron chi connectivity index (χ3n) is 1.21. The fourth-order valence-electron chi connectivity index (χ4n) is 0.823. The molecule has 0 fully saturated rings. The molecule has 1 rings (SSSR count). The minimum atomic E-state index is -0.0538. The molecule has 0 spiro atoms. The van der Waals surface area contributed by atoms with Gasteiger partial charge in [0.15, 0.2) is 0 Å². The van der Waals surface area contributed by atoms with E-state index in [2.05, 4.69) is 10.3 Å². The van der Waals surface area contributed by atoms with Crippen molar-refractivity contribution in [2.45, 2.75) is 20.3 Å². The summed E-state index contributed by atoms with van der Waals surface area (Å²) in [4.78, 5) is 14.5. The Kier molecular flexibility index (Phi) is 1.85. The van der Waals surface area contributed by atoms with Crippen molar-refractivity contribution in [3.05, 3.63) is 11.8 Å². The first-order valence-electron chi connectivity index (χ1n) is 3.18. The maximum atomic E-state index is 10.5. The van der Waals surface area contributed by atoms with Gasteiger partial charge in [0.25, 0.3) is 0 Å². The van der Waals surface area contributed by atoms with E-state index in [0.717, 1.165) is 12.3 Å². The van der Waals surface area contributed by atoms with Crippen molar-refractivity contribution in [2.75, 3.05) is 0 Å². The molecule has 0 saturated carbocycles. The third kappa shape index (κ3) is 1.69. The highest BCUT2D eigenvalue weighted by Gasteiger charge is 2.06. The fourth-order valence-corrected chi connectivity index (χ4v) is 0.823. The van der Waals surface area contributed by atoms with Crippen LogP contribution in [0.3, 0.4) is 0 Å². The lowest BCUT2D eigenvalue weighted by Crippen LogP contribution is -2.26. The molecule has 1 heterocycles. The van der Waals surface area contributed by atoms with Gasteiger partial charge in [0.05, 0.1) is 0 Å². The lowest BCUT2D eigenvalue weighted by Gasteiger charge is -1.98. The number of carbonyl (C=O) groups is 1. The van der Waals surface area contributed by atoms with Crippen molar-refractivity contribution < 1.29 is 4.79 Å². The average Bonchev–Trinajstić information content (AvgIpc) is 2.13. The van der Waals surface area contributed by atoms with Crippen LogP contribution in [0.5, 0.6) is 0 Å². The zero-order valence-electron chi connectivity index (χ0n) is 6.14. The van der Waals surface area contributed by atoms with Crippen LogP contribution in [0, 0.1) is 0 Å². The van der Waals surface area contributed by atoms with E-state index in [9.17, 15) is 4.79 Å². The lowest BCUT2D eigenvalue weighted by molar-refractivity contribution is -0.117. The highest BCUT2D eigenvalue weighted by Crippen LogP contribution is 2.07. The second kappa shape index (κ2) is 2.64. The molecule has 0 radical (unpaired) electrons. The molecule has 54 valence electrons. The SMILES string of the molecule is CC(=O)NC1=NC=C(C)C1. The van der Waals surface area contributed by atoms with Crippen LogP contribution in [0.1, 0.15) is 20.3 Å². The van der Waals surface area contributed by atoms with Crippen molar-refractivity contribution in [3.63, 3.8) is 0 Å². The van der Waals surface area contributed by atoms with Crippen molar-refractivity contribution in [2.24, 2.45) is 4.99 Å². The van der Waals surface area contributed by atoms with Crippen molar-refractivity contribution in [1.29, 1.82) is 0 Å². The largest absolute Gasteiger partial charge is 0.314 e. The molecule has 0 aromatic rings. The Hall–Kier alpha value is -1.12. The molecule has 0 saturated heterocycles. The van der Waals surface area contributed by atoms with Crippen molar-refractivity contribution in [3.8, 4) is 0 Å². The summed E-state index contributed by atoms with van der Waals surface area (Å²) in [5.74, 6) is 0.701. The van der Waals surface area contributed by atoms with E-state index in [0.29, 0.717) is 0 Å². The summed E-state index contributed by atoms with van der Waals surface area (Å²) in [5.41, 5.74) is 1.18. The standard InChI is InChI=1S/C7H10N2O/c1-5-3-7(8-4-5)9-6(2)10/h4H,3H2,1-2H3,(H,8,9,10). The van der Waals surface area contributed by atoms with Gasteiger partial charge in [-0.05, 0) is 12.5 Å². The zero-order chi connectivity index (χ0) is 7.56. The van der Waals surface area contributed by atoms with E-state index in [-0.39, 0.29) is 5.91 Å². The molecule has 3 heteroatoms. The van der Waals surface area contributed by atoms with Gasteiger partial charge < -0.3 is 5.32 Å². The van der Waals surface area contributed by atoms with Gasteiger partial charge in [-0.1, -0.05) is 0 Å². The molecule has 1 N–H and O–H groups in total. The van der Waals surface area contributed by atoms with Gasteiger partial charge in [-0.15, -0.1) is 0 Å². The minimum Gasteiger partial charge on any atom is -0.314 e. The molecule has 0 aromatic heterocycles. The van der Waals surface area contributed by atoms with Gasteiger partial charge in [0, 0.05) is 19.5 Å². The molecule has 1 aliphatic rings. The number of rotatable bonds is 0. The first-order chi connectivity index (χ1) is 4.68. The fraction of sp³-hybridized carbons (Fsp3) is 0.429. The van der Waals surface area contributed by atoms with E-state index in [4.69, 9.17) is 0 Å².